The molecule has 4 rings (SSSR count). The number of nitrogens with zero attached hydrogens (tertiary/aromatic N) is 3. The minimum Gasteiger partial charge on any atom is -0.461 e. The molecule has 2 aromatic carbocycles. The summed E-state index contributed by atoms with van der Waals surface area (Å²) in [7, 11) is 0. The molecule has 1 aliphatic rings. The molecular weight excluding hydrogens is 416 g/mol. The summed E-state index contributed by atoms with van der Waals surface area (Å²) >= 11 is 0. The minimum atomic E-state index is -2.98. The van der Waals surface area contributed by atoms with Crippen LogP contribution < -0.4 is 14.4 Å². The molecule has 0 N–H and O–H groups in total. The number of rotatable bonds is 8. The Balaban J connectivity index is 1.74. The van der Waals surface area contributed by atoms with Gasteiger partial charge in [-0.25, -0.2) is 0 Å². The molecule has 3 aromatic rings. The predicted molar refractivity (Wildman–Crippen MR) is 114 cm³/mol. The van der Waals surface area contributed by atoms with Crippen LogP contribution in [0.25, 0.3) is 0 Å². The van der Waals surface area contributed by atoms with E-state index in [0.717, 1.165) is 17.7 Å². The highest BCUT2D eigenvalue weighted by molar-refractivity contribution is 5.67. The molecule has 0 amide bonds. The molecule has 1 fully saturated rings. The van der Waals surface area contributed by atoms with Crippen LogP contribution in [-0.4, -0.2) is 24.5 Å². The summed E-state index contributed by atoms with van der Waals surface area (Å²) in [6.07, 6.45) is 4.43. The van der Waals surface area contributed by atoms with Crippen molar-refractivity contribution in [2.75, 3.05) is 11.5 Å². The number of anilines is 2. The first-order valence-electron chi connectivity index (χ1n) is 10.2. The maximum atomic E-state index is 13.0. The van der Waals surface area contributed by atoms with Crippen molar-refractivity contribution in [2.24, 2.45) is 0 Å². The summed E-state index contributed by atoms with van der Waals surface area (Å²) < 4.78 is 41.9. The van der Waals surface area contributed by atoms with Crippen LogP contribution in [0, 0.1) is 11.3 Å². The van der Waals surface area contributed by atoms with Crippen LogP contribution >= 0.6 is 0 Å². The number of benzene rings is 2. The molecule has 2 heterocycles. The lowest BCUT2D eigenvalue weighted by Crippen LogP contribution is -2.18. The number of hydrogen-bond acceptors (Lipinski definition) is 6. The van der Waals surface area contributed by atoms with Crippen molar-refractivity contribution in [3.8, 4) is 17.6 Å². The van der Waals surface area contributed by atoms with Gasteiger partial charge in [0.1, 0.15) is 0 Å². The Morgan fingerprint density at radius 2 is 2.00 bits per heavy atom. The Hall–Kier alpha value is -3.70. The Morgan fingerprint density at radius 3 is 2.72 bits per heavy atom. The molecule has 1 aliphatic heterocycles. The number of hydrogen-bond donors (Lipinski definition) is 0. The summed E-state index contributed by atoms with van der Waals surface area (Å²) in [6, 6.07) is 17.9. The van der Waals surface area contributed by atoms with Crippen molar-refractivity contribution in [3.63, 3.8) is 0 Å². The number of pyridine rings is 1. The van der Waals surface area contributed by atoms with Gasteiger partial charge in [0.25, 0.3) is 0 Å². The number of alkyl halides is 2. The van der Waals surface area contributed by atoms with Gasteiger partial charge in [0.2, 0.25) is 0 Å². The lowest BCUT2D eigenvalue weighted by atomic mass is 10.1. The number of nitriles is 1. The Labute approximate surface area is 184 Å². The van der Waals surface area contributed by atoms with E-state index in [1.165, 1.54) is 6.07 Å². The van der Waals surface area contributed by atoms with E-state index >= 15 is 0 Å². The second-order valence-corrected chi connectivity index (χ2v) is 7.18. The molecular formula is C24H21F2N3O3. The largest absolute Gasteiger partial charge is 0.461 e. The average Bonchev–Trinajstić information content (AvgIpc) is 3.32. The van der Waals surface area contributed by atoms with E-state index in [4.69, 9.17) is 9.47 Å². The van der Waals surface area contributed by atoms with Gasteiger partial charge in [0.05, 0.1) is 18.2 Å². The zero-order valence-corrected chi connectivity index (χ0v) is 17.2. The third-order valence-corrected chi connectivity index (χ3v) is 4.95. The number of halogens is 2. The van der Waals surface area contributed by atoms with E-state index in [1.54, 1.807) is 42.7 Å². The summed E-state index contributed by atoms with van der Waals surface area (Å²) in [6.45, 7) is -1.98. The molecule has 6 nitrogen and oxygen atoms in total. The monoisotopic (exact) mass is 437 g/mol. The zero-order valence-electron chi connectivity index (χ0n) is 17.2. The van der Waals surface area contributed by atoms with Gasteiger partial charge in [-0.05, 0) is 48.4 Å². The molecule has 0 spiro atoms. The molecule has 164 valence electrons. The van der Waals surface area contributed by atoms with Crippen LogP contribution in [0.4, 0.5) is 20.2 Å². The maximum Gasteiger partial charge on any atom is 0.387 e. The molecule has 32 heavy (non-hydrogen) atoms. The quantitative estimate of drug-likeness (QED) is 0.470. The van der Waals surface area contributed by atoms with Crippen LogP contribution in [0.3, 0.4) is 0 Å². The maximum absolute atomic E-state index is 13.0. The van der Waals surface area contributed by atoms with Crippen molar-refractivity contribution in [1.29, 1.82) is 5.26 Å². The summed E-state index contributed by atoms with van der Waals surface area (Å²) in [5.74, 6) is 0.105. The highest BCUT2D eigenvalue weighted by Crippen LogP contribution is 2.38. The molecule has 0 saturated carbocycles. The molecule has 1 aromatic heterocycles. The van der Waals surface area contributed by atoms with Gasteiger partial charge < -0.3 is 19.1 Å². The van der Waals surface area contributed by atoms with Crippen molar-refractivity contribution >= 4 is 11.4 Å². The molecule has 0 aliphatic carbocycles. The van der Waals surface area contributed by atoms with Gasteiger partial charge in [-0.15, -0.1) is 0 Å². The Bertz CT molecular complexity index is 1080. The standard InChI is InChI=1S/C24H21F2N3O3/c25-24(26)32-21-9-8-20(13-22(21)31-23-7-3-11-30-23)29(16-18-5-2-10-28-15-18)19-6-1-4-17(12-19)14-27/h1-2,4-6,8-10,12-13,15,23-24H,3,7,11,16H2. The lowest BCUT2D eigenvalue weighted by Gasteiger charge is -2.27. The summed E-state index contributed by atoms with van der Waals surface area (Å²) in [5, 5.41) is 9.33. The van der Waals surface area contributed by atoms with Crippen molar-refractivity contribution in [3.05, 3.63) is 78.1 Å². The molecule has 1 unspecified atom stereocenters. The van der Waals surface area contributed by atoms with Gasteiger partial charge in [-0.1, -0.05) is 12.1 Å². The summed E-state index contributed by atoms with van der Waals surface area (Å²) in [4.78, 5) is 6.12. The van der Waals surface area contributed by atoms with Crippen molar-refractivity contribution in [1.82, 2.24) is 4.98 Å². The molecule has 1 atom stereocenters. The first-order chi connectivity index (χ1) is 15.6. The lowest BCUT2D eigenvalue weighted by molar-refractivity contribution is -0.0632. The number of ether oxygens (including phenoxy) is 3. The van der Waals surface area contributed by atoms with E-state index in [1.807, 2.05) is 23.1 Å². The second-order valence-electron chi connectivity index (χ2n) is 7.18. The minimum absolute atomic E-state index is 0.0636. The van der Waals surface area contributed by atoms with Gasteiger partial charge in [-0.2, -0.15) is 14.0 Å². The predicted octanol–water partition coefficient (Wildman–Crippen LogP) is 5.41. The third kappa shape index (κ3) is 5.31. The SMILES string of the molecule is N#Cc1cccc(N(Cc2cccnc2)c2ccc(OC(F)F)c(OC3CCCO3)c2)c1. The smallest absolute Gasteiger partial charge is 0.387 e. The first-order valence-corrected chi connectivity index (χ1v) is 10.2. The molecule has 1 saturated heterocycles. The van der Waals surface area contributed by atoms with Crippen LogP contribution in [-0.2, 0) is 11.3 Å². The second kappa shape index (κ2) is 10.1. The van der Waals surface area contributed by atoms with Gasteiger partial charge in [0, 0.05) is 42.8 Å². The highest BCUT2D eigenvalue weighted by atomic mass is 19.3. The number of aromatic nitrogens is 1. The Morgan fingerprint density at radius 1 is 1.12 bits per heavy atom. The molecule has 0 radical (unpaired) electrons. The first kappa shape index (κ1) is 21.5. The van der Waals surface area contributed by atoms with Crippen molar-refractivity contribution in [2.45, 2.75) is 32.3 Å². The van der Waals surface area contributed by atoms with Crippen LogP contribution in [0.15, 0.2) is 67.0 Å². The van der Waals surface area contributed by atoms with E-state index in [9.17, 15) is 14.0 Å². The normalized spacial score (nSPS) is 15.4. The highest BCUT2D eigenvalue weighted by Gasteiger charge is 2.22. The van der Waals surface area contributed by atoms with Crippen LogP contribution in [0.5, 0.6) is 11.5 Å². The molecule has 0 bridgehead atoms. The summed E-state index contributed by atoms with van der Waals surface area (Å²) in [5.41, 5.74) is 2.88. The van der Waals surface area contributed by atoms with Crippen LogP contribution in [0.1, 0.15) is 24.0 Å². The van der Waals surface area contributed by atoms with E-state index in [-0.39, 0.29) is 11.5 Å². The van der Waals surface area contributed by atoms with Crippen molar-refractivity contribution < 1.29 is 23.0 Å². The van der Waals surface area contributed by atoms with E-state index < -0.39 is 12.9 Å². The fourth-order valence-corrected chi connectivity index (χ4v) is 3.48. The topological polar surface area (TPSA) is 67.6 Å². The van der Waals surface area contributed by atoms with Gasteiger partial charge in [-0.3, -0.25) is 4.98 Å². The third-order valence-electron chi connectivity index (χ3n) is 4.95. The average molecular weight is 437 g/mol. The molecule has 8 heteroatoms. The van der Waals surface area contributed by atoms with Crippen LogP contribution in [0.2, 0.25) is 0 Å². The fourth-order valence-electron chi connectivity index (χ4n) is 3.48. The van der Waals surface area contributed by atoms with Gasteiger partial charge in [0.15, 0.2) is 17.8 Å². The zero-order chi connectivity index (χ0) is 22.3. The van der Waals surface area contributed by atoms with E-state index in [0.29, 0.717) is 30.8 Å². The fraction of sp³-hybridized carbons (Fsp3) is 0.250. The Kier molecular flexibility index (Phi) is 6.78. The van der Waals surface area contributed by atoms with E-state index in [2.05, 4.69) is 15.8 Å². The van der Waals surface area contributed by atoms with Gasteiger partial charge >= 0.3 is 6.61 Å².